The van der Waals surface area contributed by atoms with Crippen LogP contribution in [0, 0.1) is 0 Å². The zero-order valence-corrected chi connectivity index (χ0v) is 16.8. The molecule has 1 aromatic heterocycles. The second-order valence-electron chi connectivity index (χ2n) is 6.74. The van der Waals surface area contributed by atoms with E-state index in [9.17, 15) is 9.59 Å². The fourth-order valence-electron chi connectivity index (χ4n) is 3.00. The van der Waals surface area contributed by atoms with Crippen LogP contribution in [0.2, 0.25) is 0 Å². The van der Waals surface area contributed by atoms with Gasteiger partial charge in [-0.05, 0) is 35.7 Å². The van der Waals surface area contributed by atoms with E-state index in [1.165, 1.54) is 13.2 Å². The zero-order chi connectivity index (χ0) is 21.0. The summed E-state index contributed by atoms with van der Waals surface area (Å²) in [5, 5.41) is 3.58. The van der Waals surface area contributed by atoms with Gasteiger partial charge in [0.05, 0.1) is 14.2 Å². The van der Waals surface area contributed by atoms with Gasteiger partial charge < -0.3 is 23.9 Å². The van der Waals surface area contributed by atoms with Crippen LogP contribution in [0.3, 0.4) is 0 Å². The summed E-state index contributed by atoms with van der Waals surface area (Å²) < 4.78 is 21.2. The summed E-state index contributed by atoms with van der Waals surface area (Å²) in [6, 6.07) is 11.8. The number of fused-ring (bicyclic) bond motifs is 1. The predicted octanol–water partition coefficient (Wildman–Crippen LogP) is 3.95. The highest BCUT2D eigenvalue weighted by Gasteiger charge is 2.11. The van der Waals surface area contributed by atoms with Crippen LogP contribution in [0.5, 0.6) is 17.2 Å². The third-order valence-corrected chi connectivity index (χ3v) is 4.41. The fourth-order valence-corrected chi connectivity index (χ4v) is 3.00. The Morgan fingerprint density at radius 3 is 2.48 bits per heavy atom. The molecule has 3 aromatic rings. The molecule has 0 saturated heterocycles. The van der Waals surface area contributed by atoms with Gasteiger partial charge in [-0.1, -0.05) is 13.8 Å². The van der Waals surface area contributed by atoms with E-state index in [4.69, 9.17) is 18.6 Å². The Morgan fingerprint density at radius 1 is 1.03 bits per heavy atom. The van der Waals surface area contributed by atoms with Crippen molar-refractivity contribution >= 4 is 22.6 Å². The van der Waals surface area contributed by atoms with Crippen molar-refractivity contribution < 1.29 is 23.4 Å². The summed E-state index contributed by atoms with van der Waals surface area (Å²) in [4.78, 5) is 24.0. The summed E-state index contributed by atoms with van der Waals surface area (Å²) in [7, 11) is 3.06. The second-order valence-corrected chi connectivity index (χ2v) is 6.74. The Kier molecular flexibility index (Phi) is 6.07. The van der Waals surface area contributed by atoms with Crippen LogP contribution >= 0.6 is 0 Å². The minimum atomic E-state index is -0.412. The van der Waals surface area contributed by atoms with Crippen molar-refractivity contribution in [3.63, 3.8) is 0 Å². The molecule has 0 spiro atoms. The van der Waals surface area contributed by atoms with Crippen molar-refractivity contribution in [2.45, 2.75) is 19.8 Å². The lowest BCUT2D eigenvalue weighted by atomic mass is 10.00. The van der Waals surface area contributed by atoms with Crippen molar-refractivity contribution in [3.8, 4) is 17.2 Å². The first kappa shape index (κ1) is 20.3. The number of anilines is 1. The molecule has 0 aliphatic rings. The number of nitrogens with one attached hydrogen (secondary N) is 1. The molecule has 7 nitrogen and oxygen atoms in total. The summed E-state index contributed by atoms with van der Waals surface area (Å²) >= 11 is 0. The minimum Gasteiger partial charge on any atom is -0.493 e. The fraction of sp³-hybridized carbons (Fsp3) is 0.273. The highest BCUT2D eigenvalue weighted by Crippen LogP contribution is 2.30. The highest BCUT2D eigenvalue weighted by atomic mass is 16.5. The third kappa shape index (κ3) is 4.68. The standard InChI is InChI=1S/C22H23NO6/c1-13(2)17-11-22(25)29-19-10-15(6-7-16(17)19)28-12-21(24)23-14-5-8-18(26-3)20(9-14)27-4/h5-11,13H,12H2,1-4H3,(H,23,24). The van der Waals surface area contributed by atoms with Gasteiger partial charge in [-0.3, -0.25) is 4.79 Å². The van der Waals surface area contributed by atoms with Gasteiger partial charge in [-0.2, -0.15) is 0 Å². The van der Waals surface area contributed by atoms with Gasteiger partial charge in [-0.15, -0.1) is 0 Å². The van der Waals surface area contributed by atoms with E-state index in [2.05, 4.69) is 5.32 Å². The maximum atomic E-state index is 12.2. The molecule has 0 saturated carbocycles. The molecule has 1 N–H and O–H groups in total. The molecule has 1 heterocycles. The molecule has 0 aliphatic carbocycles. The smallest absolute Gasteiger partial charge is 0.336 e. The molecule has 0 fully saturated rings. The molecule has 29 heavy (non-hydrogen) atoms. The predicted molar refractivity (Wildman–Crippen MR) is 110 cm³/mol. The van der Waals surface area contributed by atoms with Crippen LogP contribution in [-0.2, 0) is 4.79 Å². The largest absolute Gasteiger partial charge is 0.493 e. The molecule has 7 heteroatoms. The van der Waals surface area contributed by atoms with Gasteiger partial charge in [-0.25, -0.2) is 4.79 Å². The van der Waals surface area contributed by atoms with Gasteiger partial charge in [0, 0.05) is 29.3 Å². The number of rotatable bonds is 7. The highest BCUT2D eigenvalue weighted by molar-refractivity contribution is 5.92. The van der Waals surface area contributed by atoms with E-state index in [0.29, 0.717) is 28.5 Å². The Morgan fingerprint density at radius 2 is 1.79 bits per heavy atom. The topological polar surface area (TPSA) is 87.0 Å². The Hall–Kier alpha value is -3.48. The van der Waals surface area contributed by atoms with E-state index in [0.717, 1.165) is 10.9 Å². The Labute approximate surface area is 168 Å². The van der Waals surface area contributed by atoms with Crippen molar-refractivity contribution in [3.05, 3.63) is 58.4 Å². The average Bonchev–Trinajstić information content (AvgIpc) is 2.71. The SMILES string of the molecule is COc1ccc(NC(=O)COc2ccc3c(C(C)C)cc(=O)oc3c2)cc1OC. The first-order valence-corrected chi connectivity index (χ1v) is 9.13. The minimum absolute atomic E-state index is 0.181. The summed E-state index contributed by atoms with van der Waals surface area (Å²) in [6.45, 7) is 3.82. The monoisotopic (exact) mass is 397 g/mol. The number of ether oxygens (including phenoxy) is 3. The van der Waals surface area contributed by atoms with E-state index >= 15 is 0 Å². The number of amides is 1. The molecule has 0 atom stereocenters. The molecular weight excluding hydrogens is 374 g/mol. The number of carbonyl (C=O) groups is 1. The lowest BCUT2D eigenvalue weighted by molar-refractivity contribution is -0.118. The van der Waals surface area contributed by atoms with Gasteiger partial charge >= 0.3 is 5.63 Å². The average molecular weight is 397 g/mol. The Balaban J connectivity index is 1.70. The van der Waals surface area contributed by atoms with Gasteiger partial charge in [0.15, 0.2) is 18.1 Å². The van der Waals surface area contributed by atoms with Crippen molar-refractivity contribution in [1.29, 1.82) is 0 Å². The second kappa shape index (κ2) is 8.68. The van der Waals surface area contributed by atoms with E-state index < -0.39 is 5.63 Å². The lowest BCUT2D eigenvalue weighted by Gasteiger charge is -2.12. The number of hydrogen-bond donors (Lipinski definition) is 1. The normalized spacial score (nSPS) is 10.8. The third-order valence-electron chi connectivity index (χ3n) is 4.41. The number of benzene rings is 2. The van der Waals surface area contributed by atoms with Gasteiger partial charge in [0.1, 0.15) is 11.3 Å². The van der Waals surface area contributed by atoms with Crippen molar-refractivity contribution in [1.82, 2.24) is 0 Å². The molecule has 152 valence electrons. The molecule has 0 unspecified atom stereocenters. The summed E-state index contributed by atoms with van der Waals surface area (Å²) in [5.41, 5.74) is 1.49. The van der Waals surface area contributed by atoms with E-state index in [-0.39, 0.29) is 18.4 Å². The Bertz CT molecular complexity index is 1090. The molecule has 3 rings (SSSR count). The summed E-state index contributed by atoms with van der Waals surface area (Å²) in [5.74, 6) is 1.36. The van der Waals surface area contributed by atoms with Crippen LogP contribution in [-0.4, -0.2) is 26.7 Å². The maximum Gasteiger partial charge on any atom is 0.336 e. The number of methoxy groups -OCH3 is 2. The van der Waals surface area contributed by atoms with Crippen LogP contribution in [0.15, 0.2) is 51.7 Å². The van der Waals surface area contributed by atoms with Crippen LogP contribution < -0.4 is 25.2 Å². The molecular formula is C22H23NO6. The lowest BCUT2D eigenvalue weighted by Crippen LogP contribution is -2.20. The van der Waals surface area contributed by atoms with Crippen LogP contribution in [0.4, 0.5) is 5.69 Å². The molecule has 0 bridgehead atoms. The molecule has 2 aromatic carbocycles. The van der Waals surface area contributed by atoms with Crippen LogP contribution in [0.1, 0.15) is 25.3 Å². The first-order valence-electron chi connectivity index (χ1n) is 9.13. The van der Waals surface area contributed by atoms with Crippen molar-refractivity contribution in [2.24, 2.45) is 0 Å². The van der Waals surface area contributed by atoms with Crippen LogP contribution in [0.25, 0.3) is 11.0 Å². The first-order chi connectivity index (χ1) is 13.9. The number of carbonyl (C=O) groups excluding carboxylic acids is 1. The summed E-state index contributed by atoms with van der Waals surface area (Å²) in [6.07, 6.45) is 0. The quantitative estimate of drug-likeness (QED) is 0.608. The number of hydrogen-bond acceptors (Lipinski definition) is 6. The zero-order valence-electron chi connectivity index (χ0n) is 16.8. The van der Waals surface area contributed by atoms with Gasteiger partial charge in [0.25, 0.3) is 5.91 Å². The van der Waals surface area contributed by atoms with E-state index in [1.54, 1.807) is 37.4 Å². The molecule has 0 radical (unpaired) electrons. The van der Waals surface area contributed by atoms with E-state index in [1.807, 2.05) is 19.9 Å². The van der Waals surface area contributed by atoms with Gasteiger partial charge in [0.2, 0.25) is 0 Å². The van der Waals surface area contributed by atoms with Crippen molar-refractivity contribution in [2.75, 3.05) is 26.1 Å². The molecule has 1 amide bonds. The molecule has 0 aliphatic heterocycles. The maximum absolute atomic E-state index is 12.2.